The van der Waals surface area contributed by atoms with Gasteiger partial charge in [0.05, 0.1) is 7.11 Å². The first-order chi connectivity index (χ1) is 9.78. The third-order valence-corrected chi connectivity index (χ3v) is 3.27. The summed E-state index contributed by atoms with van der Waals surface area (Å²) in [4.78, 5) is 4.45. The molecular weight excluding hydrogens is 252 g/mol. The van der Waals surface area contributed by atoms with E-state index in [1.165, 1.54) is 0 Å². The molecule has 0 saturated heterocycles. The lowest BCUT2D eigenvalue weighted by Crippen LogP contribution is -2.14. The van der Waals surface area contributed by atoms with Crippen LogP contribution in [0.25, 0.3) is 11.1 Å². The summed E-state index contributed by atoms with van der Waals surface area (Å²) >= 11 is 0. The number of nitrogens with zero attached hydrogens (tertiary/aromatic N) is 1. The minimum Gasteiger partial charge on any atom is -0.496 e. The fourth-order valence-corrected chi connectivity index (χ4v) is 2.28. The van der Waals surface area contributed by atoms with Crippen molar-refractivity contribution in [2.45, 2.75) is 12.5 Å². The van der Waals surface area contributed by atoms with Crippen LogP contribution in [0.15, 0.2) is 52.9 Å². The van der Waals surface area contributed by atoms with Crippen molar-refractivity contribution in [1.82, 2.24) is 4.98 Å². The molecule has 0 radical (unpaired) electrons. The molecule has 4 nitrogen and oxygen atoms in total. The van der Waals surface area contributed by atoms with Crippen LogP contribution in [-0.2, 0) is 6.42 Å². The number of aromatic nitrogens is 1. The van der Waals surface area contributed by atoms with E-state index in [1.54, 1.807) is 7.11 Å². The van der Waals surface area contributed by atoms with E-state index in [0.29, 0.717) is 12.3 Å². The van der Waals surface area contributed by atoms with Gasteiger partial charge in [0.2, 0.25) is 0 Å². The Balaban J connectivity index is 1.86. The van der Waals surface area contributed by atoms with E-state index in [9.17, 15) is 0 Å². The van der Waals surface area contributed by atoms with Crippen molar-refractivity contribution >= 4 is 11.1 Å². The summed E-state index contributed by atoms with van der Waals surface area (Å²) in [6.45, 7) is 0. The van der Waals surface area contributed by atoms with Crippen LogP contribution >= 0.6 is 0 Å². The van der Waals surface area contributed by atoms with Crippen LogP contribution in [0.4, 0.5) is 0 Å². The maximum Gasteiger partial charge on any atom is 0.197 e. The van der Waals surface area contributed by atoms with E-state index < -0.39 is 0 Å². The quantitative estimate of drug-likeness (QED) is 0.790. The number of fused-ring (bicyclic) bond motifs is 1. The predicted octanol–water partition coefficient (Wildman–Crippen LogP) is 3.08. The Hall–Kier alpha value is -2.33. The number of nitrogens with two attached hydrogens (primary N) is 1. The summed E-state index contributed by atoms with van der Waals surface area (Å²) in [6.07, 6.45) is 0.537. The molecule has 0 amide bonds. The third kappa shape index (κ3) is 2.38. The van der Waals surface area contributed by atoms with Gasteiger partial charge in [-0.2, -0.15) is 0 Å². The van der Waals surface area contributed by atoms with Gasteiger partial charge >= 0.3 is 0 Å². The summed E-state index contributed by atoms with van der Waals surface area (Å²) in [5, 5.41) is 0. The number of ether oxygens (including phenoxy) is 1. The Morgan fingerprint density at radius 1 is 1.15 bits per heavy atom. The van der Waals surface area contributed by atoms with Gasteiger partial charge in [0.15, 0.2) is 11.5 Å². The fourth-order valence-electron chi connectivity index (χ4n) is 2.28. The van der Waals surface area contributed by atoms with Crippen molar-refractivity contribution in [3.63, 3.8) is 0 Å². The van der Waals surface area contributed by atoms with Gasteiger partial charge in [0, 0.05) is 18.0 Å². The Morgan fingerprint density at radius 3 is 2.70 bits per heavy atom. The molecule has 20 heavy (non-hydrogen) atoms. The van der Waals surface area contributed by atoms with Gasteiger partial charge in [-0.3, -0.25) is 0 Å². The van der Waals surface area contributed by atoms with Crippen molar-refractivity contribution in [3.05, 3.63) is 60.0 Å². The third-order valence-electron chi connectivity index (χ3n) is 3.27. The zero-order chi connectivity index (χ0) is 13.9. The largest absolute Gasteiger partial charge is 0.496 e. The van der Waals surface area contributed by atoms with Crippen LogP contribution < -0.4 is 10.5 Å². The molecular formula is C16H16N2O2. The van der Waals surface area contributed by atoms with Gasteiger partial charge in [0.25, 0.3) is 0 Å². The van der Waals surface area contributed by atoms with Crippen LogP contribution in [0.3, 0.4) is 0 Å². The standard InChI is InChI=1S/C16H16N2O2/c1-19-14-8-4-2-6-11(14)12(17)10-16-18-13-7-3-5-9-15(13)20-16/h2-9,12H,10,17H2,1H3. The highest BCUT2D eigenvalue weighted by Crippen LogP contribution is 2.26. The van der Waals surface area contributed by atoms with Gasteiger partial charge < -0.3 is 14.9 Å². The van der Waals surface area contributed by atoms with Crippen LogP contribution in [0, 0.1) is 0 Å². The van der Waals surface area contributed by atoms with Gasteiger partial charge in [0.1, 0.15) is 11.3 Å². The predicted molar refractivity (Wildman–Crippen MR) is 77.6 cm³/mol. The van der Waals surface area contributed by atoms with Crippen LogP contribution in [0.2, 0.25) is 0 Å². The van der Waals surface area contributed by atoms with Crippen molar-refractivity contribution in [2.24, 2.45) is 5.73 Å². The molecule has 0 saturated carbocycles. The molecule has 1 unspecified atom stereocenters. The lowest BCUT2D eigenvalue weighted by atomic mass is 10.0. The van der Waals surface area contributed by atoms with Gasteiger partial charge in [-0.05, 0) is 18.2 Å². The molecule has 0 aliphatic heterocycles. The molecule has 3 rings (SSSR count). The van der Waals surface area contributed by atoms with Crippen LogP contribution in [0.5, 0.6) is 5.75 Å². The van der Waals surface area contributed by atoms with Crippen molar-refractivity contribution in [1.29, 1.82) is 0 Å². The van der Waals surface area contributed by atoms with E-state index >= 15 is 0 Å². The molecule has 0 aliphatic carbocycles. The highest BCUT2D eigenvalue weighted by atomic mass is 16.5. The second-order valence-electron chi connectivity index (χ2n) is 4.63. The summed E-state index contributed by atoms with van der Waals surface area (Å²) in [6, 6.07) is 15.2. The lowest BCUT2D eigenvalue weighted by molar-refractivity contribution is 0.403. The minimum absolute atomic E-state index is 0.209. The van der Waals surface area contributed by atoms with Crippen LogP contribution in [-0.4, -0.2) is 12.1 Å². The molecule has 4 heteroatoms. The van der Waals surface area contributed by atoms with Gasteiger partial charge in [-0.1, -0.05) is 30.3 Å². The minimum atomic E-state index is -0.209. The molecule has 102 valence electrons. The summed E-state index contributed by atoms with van der Waals surface area (Å²) in [5.41, 5.74) is 8.84. The molecule has 2 aromatic carbocycles. The molecule has 1 heterocycles. The first-order valence-electron chi connectivity index (χ1n) is 6.51. The number of para-hydroxylation sites is 3. The zero-order valence-electron chi connectivity index (χ0n) is 11.2. The maximum atomic E-state index is 6.25. The second kappa shape index (κ2) is 5.35. The highest BCUT2D eigenvalue weighted by molar-refractivity contribution is 5.72. The van der Waals surface area contributed by atoms with E-state index in [-0.39, 0.29) is 6.04 Å². The van der Waals surface area contributed by atoms with Gasteiger partial charge in [-0.15, -0.1) is 0 Å². The second-order valence-corrected chi connectivity index (χ2v) is 4.63. The number of benzene rings is 2. The summed E-state index contributed by atoms with van der Waals surface area (Å²) in [5.74, 6) is 1.43. The fraction of sp³-hybridized carbons (Fsp3) is 0.188. The summed E-state index contributed by atoms with van der Waals surface area (Å²) in [7, 11) is 1.64. The normalized spacial score (nSPS) is 12.5. The van der Waals surface area contributed by atoms with E-state index in [0.717, 1.165) is 22.4 Å². The number of hydrogen-bond donors (Lipinski definition) is 1. The average Bonchev–Trinajstić information content (AvgIpc) is 2.89. The summed E-state index contributed by atoms with van der Waals surface area (Å²) < 4.78 is 11.0. The molecule has 2 N–H and O–H groups in total. The maximum absolute atomic E-state index is 6.25. The molecule has 3 aromatic rings. The Labute approximate surface area is 117 Å². The van der Waals surface area contributed by atoms with E-state index in [1.807, 2.05) is 48.5 Å². The smallest absolute Gasteiger partial charge is 0.197 e. The molecule has 0 bridgehead atoms. The molecule has 1 atom stereocenters. The average molecular weight is 268 g/mol. The van der Waals surface area contributed by atoms with Crippen LogP contribution in [0.1, 0.15) is 17.5 Å². The van der Waals surface area contributed by atoms with Crippen molar-refractivity contribution in [2.75, 3.05) is 7.11 Å². The number of rotatable bonds is 4. The highest BCUT2D eigenvalue weighted by Gasteiger charge is 2.15. The number of methoxy groups -OCH3 is 1. The molecule has 0 fully saturated rings. The topological polar surface area (TPSA) is 61.3 Å². The van der Waals surface area contributed by atoms with Crippen molar-refractivity contribution < 1.29 is 9.15 Å². The molecule has 1 aromatic heterocycles. The monoisotopic (exact) mass is 268 g/mol. The van der Waals surface area contributed by atoms with E-state index in [4.69, 9.17) is 14.9 Å². The number of oxazole rings is 1. The van der Waals surface area contributed by atoms with Crippen molar-refractivity contribution in [3.8, 4) is 5.75 Å². The Bertz CT molecular complexity index is 688. The Kier molecular flexibility index (Phi) is 3.39. The molecule has 0 spiro atoms. The van der Waals surface area contributed by atoms with E-state index in [2.05, 4.69) is 4.98 Å². The van der Waals surface area contributed by atoms with Gasteiger partial charge in [-0.25, -0.2) is 4.98 Å². The Morgan fingerprint density at radius 2 is 1.90 bits per heavy atom. The SMILES string of the molecule is COc1ccccc1C(N)Cc1nc2ccccc2o1. The first kappa shape index (κ1) is 12.7. The first-order valence-corrected chi connectivity index (χ1v) is 6.51. The zero-order valence-corrected chi connectivity index (χ0v) is 11.2. The number of hydrogen-bond acceptors (Lipinski definition) is 4. The lowest BCUT2D eigenvalue weighted by Gasteiger charge is -2.13. The molecule has 0 aliphatic rings.